The second-order valence-corrected chi connectivity index (χ2v) is 4.92. The van der Waals surface area contributed by atoms with Crippen LogP contribution in [0.2, 0.25) is 0 Å². The van der Waals surface area contributed by atoms with Crippen LogP contribution < -0.4 is 0 Å². The molecule has 0 unspecified atom stereocenters. The summed E-state index contributed by atoms with van der Waals surface area (Å²) in [6.45, 7) is -0.0417. The van der Waals surface area contributed by atoms with Gasteiger partial charge >= 0.3 is 0 Å². The summed E-state index contributed by atoms with van der Waals surface area (Å²) in [5.41, 5.74) is 1.19. The molecule has 1 aromatic heterocycles. The molecule has 0 spiro atoms. The number of aliphatic hydroxyl groups is 1. The minimum Gasteiger partial charge on any atom is -0.392 e. The van der Waals surface area contributed by atoms with Gasteiger partial charge in [-0.3, -0.25) is 9.78 Å². The molecule has 1 amide bonds. The Labute approximate surface area is 108 Å². The Morgan fingerprint density at radius 3 is 2.67 bits per heavy atom. The van der Waals surface area contributed by atoms with Crippen LogP contribution in [-0.4, -0.2) is 34.0 Å². The lowest BCUT2D eigenvalue weighted by Gasteiger charge is -2.31. The Hall–Kier alpha value is -1.42. The van der Waals surface area contributed by atoms with Crippen LogP contribution >= 0.6 is 0 Å². The van der Waals surface area contributed by atoms with Crippen LogP contribution in [0, 0.1) is 0 Å². The highest BCUT2D eigenvalue weighted by Crippen LogP contribution is 2.22. The number of hydrogen-bond acceptors (Lipinski definition) is 3. The van der Waals surface area contributed by atoms with E-state index in [2.05, 4.69) is 4.98 Å². The summed E-state index contributed by atoms with van der Waals surface area (Å²) < 4.78 is 0. The Balaban J connectivity index is 2.04. The zero-order valence-corrected chi connectivity index (χ0v) is 10.8. The van der Waals surface area contributed by atoms with Crippen molar-refractivity contribution in [3.63, 3.8) is 0 Å². The largest absolute Gasteiger partial charge is 0.392 e. The molecule has 1 N–H and O–H groups in total. The van der Waals surface area contributed by atoms with Gasteiger partial charge in [0, 0.05) is 19.3 Å². The van der Waals surface area contributed by atoms with E-state index < -0.39 is 0 Å². The highest BCUT2D eigenvalue weighted by molar-refractivity contribution is 5.92. The standard InChI is InChI=1S/C14H20N2O2/c1-16(12-5-3-2-4-6-12)14(18)13-8-7-11(10-17)9-15-13/h7-9,12,17H,2-6,10H2,1H3. The first-order valence-corrected chi connectivity index (χ1v) is 6.55. The van der Waals surface area contributed by atoms with Gasteiger partial charge in [-0.25, -0.2) is 0 Å². The molecule has 1 fully saturated rings. The molecule has 18 heavy (non-hydrogen) atoms. The van der Waals surface area contributed by atoms with Crippen molar-refractivity contribution in [2.45, 2.75) is 44.8 Å². The lowest BCUT2D eigenvalue weighted by molar-refractivity contribution is 0.0690. The van der Waals surface area contributed by atoms with Crippen molar-refractivity contribution < 1.29 is 9.90 Å². The molecule has 0 aliphatic heterocycles. The van der Waals surface area contributed by atoms with Crippen molar-refractivity contribution in [3.05, 3.63) is 29.6 Å². The summed E-state index contributed by atoms with van der Waals surface area (Å²) in [6, 6.07) is 3.79. The van der Waals surface area contributed by atoms with Crippen LogP contribution in [0.5, 0.6) is 0 Å². The number of pyridine rings is 1. The third-order valence-corrected chi connectivity index (χ3v) is 3.67. The number of amides is 1. The third-order valence-electron chi connectivity index (χ3n) is 3.67. The highest BCUT2D eigenvalue weighted by Gasteiger charge is 2.23. The SMILES string of the molecule is CN(C(=O)c1ccc(CO)cn1)C1CCCCC1. The Morgan fingerprint density at radius 1 is 1.39 bits per heavy atom. The average molecular weight is 248 g/mol. The quantitative estimate of drug-likeness (QED) is 0.890. The summed E-state index contributed by atoms with van der Waals surface area (Å²) in [6.07, 6.45) is 7.44. The monoisotopic (exact) mass is 248 g/mol. The Kier molecular flexibility index (Phi) is 4.31. The number of carbonyl (C=O) groups is 1. The fourth-order valence-corrected chi connectivity index (χ4v) is 2.46. The molecule has 1 aromatic rings. The smallest absolute Gasteiger partial charge is 0.272 e. The van der Waals surface area contributed by atoms with E-state index in [-0.39, 0.29) is 12.5 Å². The number of aliphatic hydroxyl groups excluding tert-OH is 1. The fourth-order valence-electron chi connectivity index (χ4n) is 2.46. The topological polar surface area (TPSA) is 53.4 Å². The van der Waals surface area contributed by atoms with Crippen molar-refractivity contribution in [3.8, 4) is 0 Å². The predicted octanol–water partition coefficient (Wildman–Crippen LogP) is 1.98. The van der Waals surface area contributed by atoms with E-state index in [0.29, 0.717) is 11.7 Å². The molecule has 0 atom stereocenters. The number of aromatic nitrogens is 1. The first-order chi connectivity index (χ1) is 8.72. The van der Waals surface area contributed by atoms with E-state index in [1.165, 1.54) is 19.3 Å². The van der Waals surface area contributed by atoms with Crippen LogP contribution in [0.1, 0.15) is 48.2 Å². The van der Waals surface area contributed by atoms with E-state index >= 15 is 0 Å². The summed E-state index contributed by atoms with van der Waals surface area (Å²) in [4.78, 5) is 18.2. The maximum absolute atomic E-state index is 12.2. The molecule has 4 heteroatoms. The van der Waals surface area contributed by atoms with Gasteiger partial charge in [-0.15, -0.1) is 0 Å². The number of carbonyl (C=O) groups excluding carboxylic acids is 1. The second kappa shape index (κ2) is 5.96. The third kappa shape index (κ3) is 2.88. The molecular weight excluding hydrogens is 228 g/mol. The molecule has 0 radical (unpaired) electrons. The molecule has 1 aliphatic rings. The summed E-state index contributed by atoms with van der Waals surface area (Å²) in [5.74, 6) is -0.0219. The first-order valence-electron chi connectivity index (χ1n) is 6.55. The lowest BCUT2D eigenvalue weighted by Crippen LogP contribution is -2.38. The molecular formula is C14H20N2O2. The molecule has 4 nitrogen and oxygen atoms in total. The molecule has 0 aromatic carbocycles. The van der Waals surface area contributed by atoms with Gasteiger partial charge in [0.25, 0.3) is 5.91 Å². The minimum absolute atomic E-state index is 0.0219. The van der Waals surface area contributed by atoms with Gasteiger partial charge in [-0.2, -0.15) is 0 Å². The van der Waals surface area contributed by atoms with E-state index in [4.69, 9.17) is 5.11 Å². The molecule has 0 saturated heterocycles. The average Bonchev–Trinajstić information content (AvgIpc) is 2.47. The maximum Gasteiger partial charge on any atom is 0.272 e. The summed E-state index contributed by atoms with van der Waals surface area (Å²) in [7, 11) is 1.86. The van der Waals surface area contributed by atoms with Gasteiger partial charge in [0.2, 0.25) is 0 Å². The van der Waals surface area contributed by atoms with Crippen molar-refractivity contribution in [1.29, 1.82) is 0 Å². The van der Waals surface area contributed by atoms with Gasteiger partial charge < -0.3 is 10.0 Å². The van der Waals surface area contributed by atoms with E-state index in [1.54, 1.807) is 18.3 Å². The van der Waals surface area contributed by atoms with Gasteiger partial charge in [0.15, 0.2) is 0 Å². The predicted molar refractivity (Wildman–Crippen MR) is 69.1 cm³/mol. The van der Waals surface area contributed by atoms with Crippen LogP contribution in [0.3, 0.4) is 0 Å². The zero-order chi connectivity index (χ0) is 13.0. The van der Waals surface area contributed by atoms with Gasteiger partial charge in [-0.1, -0.05) is 25.3 Å². The fraction of sp³-hybridized carbons (Fsp3) is 0.571. The van der Waals surface area contributed by atoms with Crippen molar-refractivity contribution in [2.24, 2.45) is 0 Å². The van der Waals surface area contributed by atoms with Crippen molar-refractivity contribution in [1.82, 2.24) is 9.88 Å². The van der Waals surface area contributed by atoms with Gasteiger partial charge in [-0.05, 0) is 24.5 Å². The Morgan fingerprint density at radius 2 is 2.11 bits per heavy atom. The van der Waals surface area contributed by atoms with Gasteiger partial charge in [0.05, 0.1) is 6.61 Å². The van der Waals surface area contributed by atoms with Crippen LogP contribution in [0.15, 0.2) is 18.3 Å². The van der Waals surface area contributed by atoms with E-state index in [0.717, 1.165) is 18.4 Å². The Bertz CT molecular complexity index is 397. The normalized spacial score (nSPS) is 16.6. The molecule has 1 aliphatic carbocycles. The van der Waals surface area contributed by atoms with Crippen LogP contribution in [-0.2, 0) is 6.61 Å². The van der Waals surface area contributed by atoms with E-state index in [1.807, 2.05) is 11.9 Å². The lowest BCUT2D eigenvalue weighted by atomic mass is 9.94. The molecule has 98 valence electrons. The van der Waals surface area contributed by atoms with Crippen LogP contribution in [0.4, 0.5) is 0 Å². The molecule has 1 heterocycles. The molecule has 0 bridgehead atoms. The summed E-state index contributed by atoms with van der Waals surface area (Å²) in [5, 5.41) is 8.94. The van der Waals surface area contributed by atoms with Crippen molar-refractivity contribution >= 4 is 5.91 Å². The molecule has 2 rings (SSSR count). The highest BCUT2D eigenvalue weighted by atomic mass is 16.3. The van der Waals surface area contributed by atoms with Gasteiger partial charge in [0.1, 0.15) is 5.69 Å². The van der Waals surface area contributed by atoms with Crippen LogP contribution in [0.25, 0.3) is 0 Å². The first kappa shape index (κ1) is 13.0. The number of rotatable bonds is 3. The number of hydrogen-bond donors (Lipinski definition) is 1. The number of nitrogens with zero attached hydrogens (tertiary/aromatic N) is 2. The van der Waals surface area contributed by atoms with Crippen molar-refractivity contribution in [2.75, 3.05) is 7.05 Å². The zero-order valence-electron chi connectivity index (χ0n) is 10.8. The second-order valence-electron chi connectivity index (χ2n) is 4.92. The summed E-state index contributed by atoms with van der Waals surface area (Å²) >= 11 is 0. The maximum atomic E-state index is 12.2. The van der Waals surface area contributed by atoms with E-state index in [9.17, 15) is 4.79 Å². The molecule has 1 saturated carbocycles. The minimum atomic E-state index is -0.0417.